The van der Waals surface area contributed by atoms with Crippen molar-refractivity contribution in [1.82, 2.24) is 9.78 Å². The van der Waals surface area contributed by atoms with Gasteiger partial charge in [0.05, 0.1) is 17.8 Å². The lowest BCUT2D eigenvalue weighted by Gasteiger charge is -2.14. The standard InChI is InChI=1S/C15H20ClN3O2/c1-10(17)6-11-7-13(16)15(14(8-11)20-3)21-9-12-4-5-19(2)18-12/h4-5,7-8,10H,6,9,17H2,1-3H3. The minimum atomic E-state index is 0.0612. The van der Waals surface area contributed by atoms with Crippen molar-refractivity contribution in [2.45, 2.75) is 26.0 Å². The third kappa shape index (κ3) is 4.12. The Morgan fingerprint density at radius 2 is 2.19 bits per heavy atom. The molecule has 5 nitrogen and oxygen atoms in total. The normalized spacial score (nSPS) is 12.2. The van der Waals surface area contributed by atoms with E-state index in [1.165, 1.54) is 0 Å². The van der Waals surface area contributed by atoms with Crippen LogP contribution in [0.1, 0.15) is 18.2 Å². The summed E-state index contributed by atoms with van der Waals surface area (Å²) in [4.78, 5) is 0. The lowest BCUT2D eigenvalue weighted by molar-refractivity contribution is 0.279. The third-order valence-corrected chi connectivity index (χ3v) is 3.26. The van der Waals surface area contributed by atoms with Gasteiger partial charge in [-0.3, -0.25) is 4.68 Å². The summed E-state index contributed by atoms with van der Waals surface area (Å²) in [5, 5.41) is 4.77. The Kier molecular flexibility index (Phi) is 5.09. The van der Waals surface area contributed by atoms with E-state index in [0.29, 0.717) is 23.1 Å². The van der Waals surface area contributed by atoms with Gasteiger partial charge in [0.2, 0.25) is 0 Å². The fraction of sp³-hybridized carbons (Fsp3) is 0.400. The maximum absolute atomic E-state index is 6.30. The lowest BCUT2D eigenvalue weighted by Crippen LogP contribution is -2.17. The Morgan fingerprint density at radius 3 is 2.76 bits per heavy atom. The van der Waals surface area contributed by atoms with Gasteiger partial charge < -0.3 is 15.2 Å². The molecule has 1 atom stereocenters. The van der Waals surface area contributed by atoms with Crippen LogP contribution in [0.3, 0.4) is 0 Å². The van der Waals surface area contributed by atoms with E-state index in [4.69, 9.17) is 26.8 Å². The van der Waals surface area contributed by atoms with Crippen LogP contribution in [0.25, 0.3) is 0 Å². The molecule has 0 aliphatic carbocycles. The lowest BCUT2D eigenvalue weighted by atomic mass is 10.1. The van der Waals surface area contributed by atoms with Crippen molar-refractivity contribution in [3.05, 3.63) is 40.7 Å². The Hall–Kier alpha value is -1.72. The van der Waals surface area contributed by atoms with E-state index in [-0.39, 0.29) is 6.04 Å². The Morgan fingerprint density at radius 1 is 1.43 bits per heavy atom. The number of hydrogen-bond donors (Lipinski definition) is 1. The van der Waals surface area contributed by atoms with Gasteiger partial charge in [0.1, 0.15) is 6.61 Å². The van der Waals surface area contributed by atoms with E-state index >= 15 is 0 Å². The fourth-order valence-corrected chi connectivity index (χ4v) is 2.38. The topological polar surface area (TPSA) is 62.3 Å². The quantitative estimate of drug-likeness (QED) is 0.891. The minimum Gasteiger partial charge on any atom is -0.493 e. The SMILES string of the molecule is COc1cc(CC(C)N)cc(Cl)c1OCc1ccn(C)n1. The molecule has 0 aliphatic rings. The van der Waals surface area contributed by atoms with Crippen LogP contribution in [0.2, 0.25) is 5.02 Å². The maximum Gasteiger partial charge on any atom is 0.180 e. The Bertz CT molecular complexity index is 611. The summed E-state index contributed by atoms with van der Waals surface area (Å²) in [7, 11) is 3.45. The zero-order valence-electron chi connectivity index (χ0n) is 12.5. The maximum atomic E-state index is 6.30. The van der Waals surface area contributed by atoms with Gasteiger partial charge in [0.25, 0.3) is 0 Å². The molecule has 114 valence electrons. The van der Waals surface area contributed by atoms with Gasteiger partial charge in [-0.25, -0.2) is 0 Å². The van der Waals surface area contributed by atoms with Crippen molar-refractivity contribution in [3.63, 3.8) is 0 Å². The smallest absolute Gasteiger partial charge is 0.180 e. The zero-order valence-corrected chi connectivity index (χ0v) is 13.2. The fourth-order valence-electron chi connectivity index (χ4n) is 2.09. The summed E-state index contributed by atoms with van der Waals surface area (Å²) >= 11 is 6.30. The second-order valence-corrected chi connectivity index (χ2v) is 5.47. The van der Waals surface area contributed by atoms with Crippen LogP contribution in [-0.4, -0.2) is 22.9 Å². The van der Waals surface area contributed by atoms with Crippen molar-refractivity contribution in [3.8, 4) is 11.5 Å². The monoisotopic (exact) mass is 309 g/mol. The molecule has 1 aromatic carbocycles. The summed E-state index contributed by atoms with van der Waals surface area (Å²) in [5.74, 6) is 1.13. The van der Waals surface area contributed by atoms with Crippen LogP contribution in [-0.2, 0) is 20.1 Å². The van der Waals surface area contributed by atoms with Gasteiger partial charge in [0, 0.05) is 19.3 Å². The van der Waals surface area contributed by atoms with Gasteiger partial charge in [-0.15, -0.1) is 0 Å². The van der Waals surface area contributed by atoms with Crippen molar-refractivity contribution in [2.75, 3.05) is 7.11 Å². The summed E-state index contributed by atoms with van der Waals surface area (Å²) in [6.45, 7) is 2.29. The molecule has 6 heteroatoms. The molecule has 0 amide bonds. The molecule has 0 saturated carbocycles. The van der Waals surface area contributed by atoms with Crippen molar-refractivity contribution < 1.29 is 9.47 Å². The van der Waals surface area contributed by atoms with E-state index in [0.717, 1.165) is 17.7 Å². The highest BCUT2D eigenvalue weighted by Gasteiger charge is 2.13. The highest BCUT2D eigenvalue weighted by Crippen LogP contribution is 2.37. The molecule has 0 bridgehead atoms. The van der Waals surface area contributed by atoms with Crippen LogP contribution < -0.4 is 15.2 Å². The molecular weight excluding hydrogens is 290 g/mol. The number of ether oxygens (including phenoxy) is 2. The first-order chi connectivity index (χ1) is 9.99. The van der Waals surface area contributed by atoms with Crippen LogP contribution in [0.5, 0.6) is 11.5 Å². The number of halogens is 1. The Labute approximate surface area is 129 Å². The second kappa shape index (κ2) is 6.83. The number of benzene rings is 1. The van der Waals surface area contributed by atoms with E-state index < -0.39 is 0 Å². The highest BCUT2D eigenvalue weighted by atomic mass is 35.5. The van der Waals surface area contributed by atoms with Gasteiger partial charge >= 0.3 is 0 Å². The van der Waals surface area contributed by atoms with Crippen LogP contribution >= 0.6 is 11.6 Å². The first-order valence-electron chi connectivity index (χ1n) is 6.73. The highest BCUT2D eigenvalue weighted by molar-refractivity contribution is 6.32. The number of rotatable bonds is 6. The van der Waals surface area contributed by atoms with Crippen LogP contribution in [0.15, 0.2) is 24.4 Å². The van der Waals surface area contributed by atoms with Crippen molar-refractivity contribution in [2.24, 2.45) is 12.8 Å². The largest absolute Gasteiger partial charge is 0.493 e. The molecule has 1 aromatic heterocycles. The van der Waals surface area contributed by atoms with Gasteiger partial charge in [-0.05, 0) is 37.1 Å². The average Bonchev–Trinajstić information content (AvgIpc) is 2.82. The summed E-state index contributed by atoms with van der Waals surface area (Å²) < 4.78 is 12.8. The van der Waals surface area contributed by atoms with E-state index in [2.05, 4.69) is 5.10 Å². The predicted molar refractivity (Wildman–Crippen MR) is 82.9 cm³/mol. The van der Waals surface area contributed by atoms with Crippen molar-refractivity contribution >= 4 is 11.6 Å². The first-order valence-corrected chi connectivity index (χ1v) is 7.10. The molecule has 1 heterocycles. The number of hydrogen-bond acceptors (Lipinski definition) is 4. The van der Waals surface area contributed by atoms with E-state index in [1.807, 2.05) is 38.4 Å². The first kappa shape index (κ1) is 15.7. The molecule has 0 fully saturated rings. The van der Waals surface area contributed by atoms with Gasteiger partial charge in [-0.2, -0.15) is 5.10 Å². The van der Waals surface area contributed by atoms with E-state index in [9.17, 15) is 0 Å². The molecule has 0 radical (unpaired) electrons. The number of aromatic nitrogens is 2. The molecule has 2 rings (SSSR count). The summed E-state index contributed by atoms with van der Waals surface area (Å²) in [6, 6.07) is 5.72. The average molecular weight is 310 g/mol. The summed E-state index contributed by atoms with van der Waals surface area (Å²) in [5.41, 5.74) is 7.67. The minimum absolute atomic E-state index is 0.0612. The number of methoxy groups -OCH3 is 1. The molecule has 21 heavy (non-hydrogen) atoms. The molecular formula is C15H20ClN3O2. The predicted octanol–water partition coefficient (Wildman–Crippen LogP) is 2.55. The molecule has 1 unspecified atom stereocenters. The molecule has 0 aliphatic heterocycles. The van der Waals surface area contributed by atoms with Crippen molar-refractivity contribution in [1.29, 1.82) is 0 Å². The van der Waals surface area contributed by atoms with Crippen LogP contribution in [0.4, 0.5) is 0 Å². The summed E-state index contributed by atoms with van der Waals surface area (Å²) in [6.07, 6.45) is 2.60. The molecule has 2 N–H and O–H groups in total. The number of nitrogens with two attached hydrogens (primary N) is 1. The third-order valence-electron chi connectivity index (χ3n) is 2.98. The van der Waals surface area contributed by atoms with E-state index in [1.54, 1.807) is 11.8 Å². The number of aryl methyl sites for hydroxylation is 1. The Balaban J connectivity index is 2.18. The molecule has 0 saturated heterocycles. The second-order valence-electron chi connectivity index (χ2n) is 5.06. The molecule has 0 spiro atoms. The number of nitrogens with zero attached hydrogens (tertiary/aromatic N) is 2. The van der Waals surface area contributed by atoms with Gasteiger partial charge in [0.15, 0.2) is 11.5 Å². The van der Waals surface area contributed by atoms with Crippen LogP contribution in [0, 0.1) is 0 Å². The molecule has 2 aromatic rings. The van der Waals surface area contributed by atoms with Gasteiger partial charge in [-0.1, -0.05) is 11.6 Å². The zero-order chi connectivity index (χ0) is 15.4.